The molecule has 4 saturated carbocycles. The molecule has 38 heavy (non-hydrogen) atoms. The molecule has 4 fully saturated rings. The van der Waals surface area contributed by atoms with Crippen molar-refractivity contribution < 1.29 is 28.5 Å². The third kappa shape index (κ3) is 5.77. The van der Waals surface area contributed by atoms with E-state index in [9.17, 15) is 9.59 Å². The molecule has 6 nitrogen and oxygen atoms in total. The van der Waals surface area contributed by atoms with Crippen LogP contribution in [0.25, 0.3) is 0 Å². The number of hydrogen-bond acceptors (Lipinski definition) is 6. The molecule has 2 aromatic carbocycles. The third-order valence-electron chi connectivity index (χ3n) is 8.03. The van der Waals surface area contributed by atoms with Crippen molar-refractivity contribution in [1.82, 2.24) is 0 Å². The average Bonchev–Trinajstić information content (AvgIpc) is 2.85. The molecule has 2 aromatic rings. The Bertz CT molecular complexity index is 1200. The van der Waals surface area contributed by atoms with Crippen LogP contribution in [-0.2, 0) is 19.1 Å². The summed E-state index contributed by atoms with van der Waals surface area (Å²) in [6.45, 7) is 3.91. The summed E-state index contributed by atoms with van der Waals surface area (Å²) < 4.78 is 25.7. The number of carbonyl (C=O) groups excluding carboxylic acids is 2. The van der Waals surface area contributed by atoms with E-state index in [-0.39, 0.29) is 24.0 Å². The van der Waals surface area contributed by atoms with Crippen molar-refractivity contribution in [2.24, 2.45) is 11.3 Å². The first-order valence-electron chi connectivity index (χ1n) is 13.0. The van der Waals surface area contributed by atoms with E-state index in [0.29, 0.717) is 24.5 Å². The van der Waals surface area contributed by atoms with Gasteiger partial charge in [-0.15, -0.1) is 0 Å². The number of hydrogen-bond donors (Lipinski definition) is 0. The van der Waals surface area contributed by atoms with Gasteiger partial charge in [0.25, 0.3) is 0 Å². The fourth-order valence-corrected chi connectivity index (χ4v) is 16.6. The fraction of sp³-hybridized carbons (Fsp3) is 0.517. The minimum atomic E-state index is -2.86. The monoisotopic (exact) mass is 766 g/mol. The van der Waals surface area contributed by atoms with Crippen LogP contribution in [0.5, 0.6) is 11.5 Å². The summed E-state index contributed by atoms with van der Waals surface area (Å²) in [5.41, 5.74) is -1.06. The topological polar surface area (TPSA) is 71.1 Å². The molecule has 4 unspecified atom stereocenters. The molecule has 0 saturated heterocycles. The van der Waals surface area contributed by atoms with Crippen LogP contribution in [0.2, 0.25) is 0 Å². The van der Waals surface area contributed by atoms with Crippen molar-refractivity contribution >= 4 is 58.4 Å². The van der Waals surface area contributed by atoms with E-state index in [1.807, 2.05) is 43.3 Å². The van der Waals surface area contributed by atoms with Gasteiger partial charge >= 0.3 is 224 Å². The van der Waals surface area contributed by atoms with Gasteiger partial charge in [0.1, 0.15) is 0 Å². The second-order valence-electron chi connectivity index (χ2n) is 11.4. The minimum absolute atomic E-state index is 0.0253. The quantitative estimate of drug-likeness (QED) is 0.252. The molecule has 206 valence electrons. The number of halogens is 2. The molecule has 4 bridgehead atoms. The molecule has 0 spiro atoms. The zero-order valence-electron chi connectivity index (χ0n) is 22.0. The van der Waals surface area contributed by atoms with Crippen LogP contribution in [0.4, 0.5) is 0 Å². The predicted molar refractivity (Wildman–Crippen MR) is 155 cm³/mol. The third-order valence-corrected chi connectivity index (χ3v) is 23.0. The number of esters is 2. The molecule has 0 aromatic heterocycles. The molecule has 4 aliphatic rings. The SMILES string of the molecule is CCC(=O)OC12CC3CC(C)(C1)CC(OC(=O)COc1ccc([Te](Br)(Br)c4ccc(OC)cc4)cc1)(C3)C2. The Hall–Kier alpha value is -1.27. The molecular formula is C29H34Br2O6Te. The van der Waals surface area contributed by atoms with Gasteiger partial charge in [-0.2, -0.15) is 0 Å². The number of rotatable bonds is 9. The number of carbonyl (C=O) groups is 2. The summed E-state index contributed by atoms with van der Waals surface area (Å²) in [5, 5.41) is 0. The number of ether oxygens (including phenoxy) is 4. The van der Waals surface area contributed by atoms with Crippen molar-refractivity contribution in [3.05, 3.63) is 48.5 Å². The van der Waals surface area contributed by atoms with Gasteiger partial charge in [0.15, 0.2) is 0 Å². The summed E-state index contributed by atoms with van der Waals surface area (Å²) in [4.78, 5) is 25.2. The van der Waals surface area contributed by atoms with Gasteiger partial charge in [-0.3, -0.25) is 4.79 Å². The van der Waals surface area contributed by atoms with E-state index < -0.39 is 25.0 Å². The normalized spacial score (nSPS) is 30.0. The first-order valence-corrected chi connectivity index (χ1v) is 25.8. The Morgan fingerprint density at radius 3 is 1.87 bits per heavy atom. The second kappa shape index (κ2) is 10.6. The second-order valence-corrected chi connectivity index (χ2v) is 35.6. The van der Waals surface area contributed by atoms with Crippen LogP contribution in [0.3, 0.4) is 0 Å². The first kappa shape index (κ1) is 28.3. The Balaban J connectivity index is 1.21. The molecule has 0 radical (unpaired) electrons. The molecule has 6 rings (SSSR count). The Kier molecular flexibility index (Phi) is 7.89. The summed E-state index contributed by atoms with van der Waals surface area (Å²) >= 11 is 5.07. The Labute approximate surface area is 240 Å². The Morgan fingerprint density at radius 1 is 0.842 bits per heavy atom. The van der Waals surface area contributed by atoms with Crippen molar-refractivity contribution in [2.75, 3.05) is 13.7 Å². The molecule has 9 heteroatoms. The molecule has 0 heterocycles. The van der Waals surface area contributed by atoms with Crippen LogP contribution in [0.1, 0.15) is 58.8 Å². The summed E-state index contributed by atoms with van der Waals surface area (Å²) in [6.07, 6.45) is 5.44. The van der Waals surface area contributed by atoms with E-state index >= 15 is 0 Å². The summed E-state index contributed by atoms with van der Waals surface area (Å²) in [5.74, 6) is 1.30. The summed E-state index contributed by atoms with van der Waals surface area (Å²) in [6, 6.07) is 15.9. The van der Waals surface area contributed by atoms with Crippen molar-refractivity contribution in [3.8, 4) is 11.5 Å². The Morgan fingerprint density at radius 2 is 1.37 bits per heavy atom. The molecule has 0 N–H and O–H groups in total. The van der Waals surface area contributed by atoms with E-state index in [1.165, 1.54) is 7.22 Å². The van der Waals surface area contributed by atoms with E-state index in [4.69, 9.17) is 18.9 Å². The molecule has 4 atom stereocenters. The van der Waals surface area contributed by atoms with E-state index in [2.05, 4.69) is 44.6 Å². The predicted octanol–water partition coefficient (Wildman–Crippen LogP) is 5.40. The van der Waals surface area contributed by atoms with Gasteiger partial charge in [-0.25, -0.2) is 0 Å². The number of methoxy groups -OCH3 is 1. The van der Waals surface area contributed by atoms with Gasteiger partial charge < -0.3 is 0 Å². The first-order chi connectivity index (χ1) is 18.0. The van der Waals surface area contributed by atoms with Crippen LogP contribution in [0, 0.1) is 11.3 Å². The van der Waals surface area contributed by atoms with E-state index in [1.54, 1.807) is 7.11 Å². The maximum absolute atomic E-state index is 13.0. The van der Waals surface area contributed by atoms with E-state index in [0.717, 1.165) is 37.9 Å². The van der Waals surface area contributed by atoms with Gasteiger partial charge in [0.05, 0.1) is 0 Å². The van der Waals surface area contributed by atoms with Gasteiger partial charge in [0, 0.05) is 6.42 Å². The maximum atomic E-state index is 13.0. The standard InChI is InChI=1S/C29H34Br2O6Te/c1-4-25(32)36-28-14-20-13-27(2,17-28)18-29(15-20,19-28)37-26(33)16-35-22-7-11-24(12-8-22)38(30,31)23-9-5-21(34-3)6-10-23/h5-12,20H,4,13-19H2,1-3H3. The molecule has 0 aliphatic heterocycles. The van der Waals surface area contributed by atoms with Crippen LogP contribution < -0.4 is 16.7 Å². The van der Waals surface area contributed by atoms with Crippen molar-refractivity contribution in [2.45, 2.75) is 70.0 Å². The zero-order chi connectivity index (χ0) is 27.2. The van der Waals surface area contributed by atoms with Crippen LogP contribution >= 0.6 is 25.5 Å². The summed E-state index contributed by atoms with van der Waals surface area (Å²) in [7, 11) is 1.66. The molecule has 4 aliphatic carbocycles. The number of benzene rings is 2. The van der Waals surface area contributed by atoms with Crippen LogP contribution in [-0.4, -0.2) is 50.6 Å². The fourth-order valence-electron chi connectivity index (χ4n) is 7.27. The molecule has 0 amide bonds. The zero-order valence-corrected chi connectivity index (χ0v) is 27.5. The van der Waals surface area contributed by atoms with Gasteiger partial charge in [-0.05, 0) is 0 Å². The average molecular weight is 766 g/mol. The van der Waals surface area contributed by atoms with Gasteiger partial charge in [0.2, 0.25) is 0 Å². The van der Waals surface area contributed by atoms with Crippen molar-refractivity contribution in [1.29, 1.82) is 0 Å². The molecular weight excluding hydrogens is 732 g/mol. The van der Waals surface area contributed by atoms with Crippen LogP contribution in [0.15, 0.2) is 48.5 Å². The van der Waals surface area contributed by atoms with Crippen molar-refractivity contribution in [3.63, 3.8) is 0 Å². The van der Waals surface area contributed by atoms with Gasteiger partial charge in [-0.1, -0.05) is 6.92 Å².